The second kappa shape index (κ2) is 49.6. The molecular weight excluding hydrogens is 797 g/mol. The van der Waals surface area contributed by atoms with E-state index in [0.717, 1.165) is 36.0 Å². The second-order valence-electron chi connectivity index (χ2n) is 20.6. The van der Waals surface area contributed by atoms with Crippen molar-refractivity contribution in [2.24, 2.45) is 0 Å². The quantitative estimate of drug-likeness (QED) is 0.0322. The molecule has 0 spiro atoms. The lowest BCUT2D eigenvalue weighted by Crippen LogP contribution is -2.57. The minimum Gasteiger partial charge on any atom is -0.394 e. The van der Waals surface area contributed by atoms with Crippen LogP contribution in [0.4, 0.5) is 0 Å². The number of quaternary nitrogens is 1. The van der Waals surface area contributed by atoms with Gasteiger partial charge in [-0.1, -0.05) is 252 Å². The molecule has 1 amide bonds. The van der Waals surface area contributed by atoms with E-state index in [1.54, 1.807) is 0 Å². The predicted octanol–water partition coefficient (Wildman–Crippen LogP) is 16.8. The van der Waals surface area contributed by atoms with E-state index in [1.807, 2.05) is 0 Å². The van der Waals surface area contributed by atoms with Gasteiger partial charge in [-0.3, -0.25) is 4.79 Å². The van der Waals surface area contributed by atoms with E-state index in [0.29, 0.717) is 6.42 Å². The Labute approximate surface area is 400 Å². The van der Waals surface area contributed by atoms with Gasteiger partial charge in [0.05, 0.1) is 46.5 Å². The molecule has 0 aliphatic rings. The molecule has 3 N–H and O–H groups in total. The maximum Gasteiger partial charge on any atom is 0.220 e. The number of carbonyl (C=O) groups is 1. The van der Waals surface area contributed by atoms with E-state index < -0.39 is 5.54 Å². The van der Waals surface area contributed by atoms with Crippen molar-refractivity contribution in [3.63, 3.8) is 0 Å². The van der Waals surface area contributed by atoms with Crippen LogP contribution in [-0.4, -0.2) is 78.4 Å². The molecule has 0 aromatic carbocycles. The average Bonchev–Trinajstić information content (AvgIpc) is 3.29. The monoisotopic (exact) mass is 912 g/mol. The van der Waals surface area contributed by atoms with E-state index >= 15 is 0 Å². The molecular formula is C56H115N2O4S+. The first kappa shape index (κ1) is 62.7. The maximum absolute atomic E-state index is 12.7. The van der Waals surface area contributed by atoms with E-state index in [2.05, 4.69) is 33.1 Å². The summed E-state index contributed by atoms with van der Waals surface area (Å²) in [5.74, 6) is 0.774. The van der Waals surface area contributed by atoms with Gasteiger partial charge in [0, 0.05) is 18.6 Å². The molecule has 378 valence electrons. The van der Waals surface area contributed by atoms with E-state index in [9.17, 15) is 15.0 Å². The topological polar surface area (TPSA) is 78.8 Å². The molecule has 0 fully saturated rings. The first-order valence-electron chi connectivity index (χ1n) is 28.5. The van der Waals surface area contributed by atoms with E-state index in [4.69, 9.17) is 4.18 Å². The normalized spacial score (nSPS) is 12.2. The van der Waals surface area contributed by atoms with Gasteiger partial charge in [0.1, 0.15) is 5.54 Å². The summed E-state index contributed by atoms with van der Waals surface area (Å²) in [5.41, 5.74) is -1.13. The molecule has 0 saturated heterocycles. The highest BCUT2D eigenvalue weighted by Gasteiger charge is 2.31. The molecule has 0 unspecified atom stereocenters. The molecule has 0 rings (SSSR count). The van der Waals surface area contributed by atoms with Gasteiger partial charge in [0.2, 0.25) is 5.91 Å². The third-order valence-corrected chi connectivity index (χ3v) is 14.7. The highest BCUT2D eigenvalue weighted by atomic mass is 32.2. The molecule has 0 aromatic heterocycles. The fraction of sp³-hybridized carbons (Fsp3) is 0.982. The summed E-state index contributed by atoms with van der Waals surface area (Å²) in [5, 5.41) is 23.3. The highest BCUT2D eigenvalue weighted by Crippen LogP contribution is 2.20. The van der Waals surface area contributed by atoms with Crippen LogP contribution in [0, 0.1) is 0 Å². The van der Waals surface area contributed by atoms with Crippen molar-refractivity contribution in [1.29, 1.82) is 0 Å². The Morgan fingerprint density at radius 3 is 1.00 bits per heavy atom. The largest absolute Gasteiger partial charge is 0.394 e. The lowest BCUT2D eigenvalue weighted by molar-refractivity contribution is -0.910. The van der Waals surface area contributed by atoms with E-state index in [-0.39, 0.29) is 25.7 Å². The molecule has 0 saturated carbocycles. The van der Waals surface area contributed by atoms with Crippen LogP contribution in [-0.2, 0) is 8.98 Å². The van der Waals surface area contributed by atoms with Gasteiger partial charge < -0.3 is 24.2 Å². The Morgan fingerprint density at radius 2 is 0.698 bits per heavy atom. The van der Waals surface area contributed by atoms with Crippen LogP contribution in [0.5, 0.6) is 0 Å². The van der Waals surface area contributed by atoms with Crippen molar-refractivity contribution >= 4 is 17.9 Å². The molecule has 0 aromatic rings. The number of aliphatic hydroxyl groups excluding tert-OH is 2. The Morgan fingerprint density at radius 1 is 0.429 bits per heavy atom. The van der Waals surface area contributed by atoms with Crippen LogP contribution in [0.3, 0.4) is 0 Å². The van der Waals surface area contributed by atoms with Crippen LogP contribution in [0.1, 0.15) is 297 Å². The van der Waals surface area contributed by atoms with Gasteiger partial charge in [-0.2, -0.15) is 0 Å². The van der Waals surface area contributed by atoms with Gasteiger partial charge in [0.25, 0.3) is 0 Å². The SMILES string of the molecule is CCCCCCCCCCCCCCCCCC[N+](C)(CCCCCCCCCCCCCCCCCC)CCCSOCC(CO)(CO)NC(=O)CCCCCCCCCCC. The number of hydrogen-bond acceptors (Lipinski definition) is 5. The summed E-state index contributed by atoms with van der Waals surface area (Å²) >= 11 is 1.43. The Hall–Kier alpha value is -0.340. The number of carbonyl (C=O) groups excluding carboxylic acids is 1. The fourth-order valence-electron chi connectivity index (χ4n) is 9.35. The summed E-state index contributed by atoms with van der Waals surface area (Å²) in [6.45, 7) is 10.00. The lowest BCUT2D eigenvalue weighted by Gasteiger charge is -2.35. The van der Waals surface area contributed by atoms with Crippen molar-refractivity contribution in [2.75, 3.05) is 52.3 Å². The van der Waals surface area contributed by atoms with Crippen LogP contribution in [0.2, 0.25) is 0 Å². The smallest absolute Gasteiger partial charge is 0.220 e. The van der Waals surface area contributed by atoms with Crippen molar-refractivity contribution in [1.82, 2.24) is 5.32 Å². The van der Waals surface area contributed by atoms with Gasteiger partial charge in [0.15, 0.2) is 0 Å². The summed E-state index contributed by atoms with van der Waals surface area (Å²) in [4.78, 5) is 12.7. The van der Waals surface area contributed by atoms with Gasteiger partial charge >= 0.3 is 0 Å². The maximum atomic E-state index is 12.7. The van der Waals surface area contributed by atoms with E-state index in [1.165, 1.54) is 276 Å². The van der Waals surface area contributed by atoms with Gasteiger partial charge in [-0.15, -0.1) is 0 Å². The third kappa shape index (κ3) is 44.0. The number of aliphatic hydroxyl groups is 2. The highest BCUT2D eigenvalue weighted by molar-refractivity contribution is 7.94. The van der Waals surface area contributed by atoms with Crippen molar-refractivity contribution in [2.45, 2.75) is 302 Å². The molecule has 7 heteroatoms. The fourth-order valence-corrected chi connectivity index (χ4v) is 10.0. The Bertz CT molecular complexity index is 867. The lowest BCUT2D eigenvalue weighted by atomic mass is 10.0. The molecule has 0 bridgehead atoms. The number of nitrogens with zero attached hydrogens (tertiary/aromatic N) is 1. The van der Waals surface area contributed by atoms with Gasteiger partial charge in [-0.25, -0.2) is 0 Å². The van der Waals surface area contributed by atoms with Crippen molar-refractivity contribution < 1.29 is 23.7 Å². The summed E-state index contributed by atoms with van der Waals surface area (Å²) in [6, 6.07) is 0. The standard InChI is InChI=1S/C56H114N2O4S/c1-5-8-11-14-17-20-22-24-26-28-30-32-35-38-41-44-48-58(4,49-45-42-39-36-33-31-29-27-25-23-21-18-15-12-9-6-2)50-46-51-63-62-54-56(52-59,53-60)57-55(61)47-43-40-37-34-19-16-13-10-7-3/h59-60H,5-54H2,1-4H3/p+1. The minimum absolute atomic E-state index is 0.106. The predicted molar refractivity (Wildman–Crippen MR) is 280 cm³/mol. The Balaban J connectivity index is 4.50. The van der Waals surface area contributed by atoms with Crippen LogP contribution < -0.4 is 5.32 Å². The van der Waals surface area contributed by atoms with Crippen LogP contribution >= 0.6 is 12.0 Å². The number of hydrogen-bond donors (Lipinski definition) is 3. The minimum atomic E-state index is -1.13. The molecule has 0 heterocycles. The summed E-state index contributed by atoms with van der Waals surface area (Å²) in [7, 11) is 2.49. The van der Waals surface area contributed by atoms with Gasteiger partial charge in [-0.05, 0) is 44.1 Å². The van der Waals surface area contributed by atoms with Crippen molar-refractivity contribution in [3.05, 3.63) is 0 Å². The number of unbranched alkanes of at least 4 members (excludes halogenated alkanes) is 38. The first-order valence-corrected chi connectivity index (χ1v) is 29.4. The first-order chi connectivity index (χ1) is 30.9. The number of nitrogens with one attached hydrogen (secondary N) is 1. The molecule has 6 nitrogen and oxygen atoms in total. The molecule has 0 radical (unpaired) electrons. The average molecular weight is 913 g/mol. The zero-order valence-corrected chi connectivity index (χ0v) is 44.2. The third-order valence-electron chi connectivity index (χ3n) is 14.0. The molecule has 0 aliphatic carbocycles. The number of amides is 1. The van der Waals surface area contributed by atoms with Crippen LogP contribution in [0.25, 0.3) is 0 Å². The molecule has 0 aliphatic heterocycles. The zero-order chi connectivity index (χ0) is 46.1. The zero-order valence-electron chi connectivity index (χ0n) is 43.4. The second-order valence-corrected chi connectivity index (χ2v) is 21.4. The summed E-state index contributed by atoms with van der Waals surface area (Å²) in [6.07, 6.45) is 57.6. The molecule has 63 heavy (non-hydrogen) atoms. The Kier molecular flexibility index (Phi) is 49.3. The van der Waals surface area contributed by atoms with Crippen molar-refractivity contribution in [3.8, 4) is 0 Å². The molecule has 0 atom stereocenters. The van der Waals surface area contributed by atoms with Crippen LogP contribution in [0.15, 0.2) is 0 Å². The summed E-state index contributed by atoms with van der Waals surface area (Å²) < 4.78 is 7.11. The number of rotatable bonds is 54.